The van der Waals surface area contributed by atoms with Gasteiger partial charge in [-0.3, -0.25) is 4.79 Å². The Labute approximate surface area is 185 Å². The topological polar surface area (TPSA) is 74.6 Å². The second-order valence-corrected chi connectivity index (χ2v) is 7.89. The van der Waals surface area contributed by atoms with Crippen LogP contribution in [0, 0.1) is 0 Å². The highest BCUT2D eigenvalue weighted by Gasteiger charge is 2.17. The molecule has 1 amide bonds. The van der Waals surface area contributed by atoms with Gasteiger partial charge < -0.3 is 24.1 Å². The molecule has 0 radical (unpaired) electrons. The molecule has 4 rings (SSSR count). The smallest absolute Gasteiger partial charge is 0.230 e. The zero-order valence-corrected chi connectivity index (χ0v) is 18.4. The summed E-state index contributed by atoms with van der Waals surface area (Å²) in [5, 5.41) is 3.76. The molecule has 7 nitrogen and oxygen atoms in total. The van der Waals surface area contributed by atoms with Crippen molar-refractivity contribution in [3.63, 3.8) is 0 Å². The molecule has 0 saturated heterocycles. The summed E-state index contributed by atoms with van der Waals surface area (Å²) in [5.74, 6) is 2.54. The highest BCUT2D eigenvalue weighted by Crippen LogP contribution is 2.35. The average Bonchev–Trinajstić information content (AvgIpc) is 3.24. The first-order chi connectivity index (χ1) is 15.2. The predicted molar refractivity (Wildman–Crippen MR) is 120 cm³/mol. The average molecular weight is 440 g/mol. The Morgan fingerprint density at radius 2 is 2.03 bits per heavy atom. The summed E-state index contributed by atoms with van der Waals surface area (Å²) < 4.78 is 18.6. The first-order valence-electron chi connectivity index (χ1n) is 10.2. The highest BCUT2D eigenvalue weighted by molar-refractivity contribution is 7.99. The molecule has 3 aromatic rings. The first kappa shape index (κ1) is 21.1. The van der Waals surface area contributed by atoms with Gasteiger partial charge >= 0.3 is 0 Å². The second-order valence-electron chi connectivity index (χ2n) is 6.95. The molecule has 31 heavy (non-hydrogen) atoms. The van der Waals surface area contributed by atoms with Gasteiger partial charge in [0.1, 0.15) is 19.0 Å². The standard InChI is InChI=1S/C23H25N3O4S/c1-3-26-19(17-7-8-20-21(12-17)30-10-9-29-20)14-25-23(26)31-15-22(27)24-13-16-5-4-6-18(11-16)28-2/h4-8,11-12,14H,3,9-10,13,15H2,1-2H3,(H,24,27). The van der Waals surface area contributed by atoms with E-state index in [1.807, 2.05) is 48.7 Å². The van der Waals surface area contributed by atoms with E-state index in [0.29, 0.717) is 25.5 Å². The number of carbonyl (C=O) groups excluding carboxylic acids is 1. The number of aromatic nitrogens is 2. The summed E-state index contributed by atoms with van der Waals surface area (Å²) in [7, 11) is 1.63. The molecule has 0 atom stereocenters. The van der Waals surface area contributed by atoms with E-state index in [1.54, 1.807) is 7.11 Å². The molecule has 0 fully saturated rings. The van der Waals surface area contributed by atoms with Crippen LogP contribution in [0.15, 0.2) is 53.8 Å². The number of hydrogen-bond donors (Lipinski definition) is 1. The molecule has 2 aromatic carbocycles. The summed E-state index contributed by atoms with van der Waals surface area (Å²) in [5.41, 5.74) is 2.99. The SMILES string of the molecule is CCn1c(-c2ccc3c(c2)OCCO3)cnc1SCC(=O)NCc1cccc(OC)c1. The number of nitrogens with zero attached hydrogens (tertiary/aromatic N) is 2. The molecule has 0 bridgehead atoms. The van der Waals surface area contributed by atoms with Gasteiger partial charge in [0.15, 0.2) is 16.7 Å². The molecule has 0 unspecified atom stereocenters. The summed E-state index contributed by atoms with van der Waals surface area (Å²) >= 11 is 1.43. The molecule has 2 heterocycles. The van der Waals surface area contributed by atoms with Crippen LogP contribution in [-0.2, 0) is 17.9 Å². The van der Waals surface area contributed by atoms with Gasteiger partial charge in [-0.25, -0.2) is 4.98 Å². The minimum Gasteiger partial charge on any atom is -0.497 e. The molecule has 1 aliphatic heterocycles. The molecule has 0 aliphatic carbocycles. The summed E-state index contributed by atoms with van der Waals surface area (Å²) in [6.07, 6.45) is 1.84. The molecule has 0 saturated carbocycles. The van der Waals surface area contributed by atoms with Crippen LogP contribution in [0.5, 0.6) is 17.2 Å². The number of rotatable bonds is 8. The van der Waals surface area contributed by atoms with Gasteiger partial charge in [0, 0.05) is 18.7 Å². The first-order valence-corrected chi connectivity index (χ1v) is 11.1. The normalized spacial score (nSPS) is 12.5. The minimum atomic E-state index is -0.0423. The van der Waals surface area contributed by atoms with Gasteiger partial charge in [-0.05, 0) is 42.8 Å². The third-order valence-corrected chi connectivity index (χ3v) is 5.92. The number of nitrogens with one attached hydrogen (secondary N) is 1. The maximum absolute atomic E-state index is 12.4. The quantitative estimate of drug-likeness (QED) is 0.539. The van der Waals surface area contributed by atoms with Crippen molar-refractivity contribution in [1.29, 1.82) is 0 Å². The number of ether oxygens (including phenoxy) is 3. The van der Waals surface area contributed by atoms with E-state index in [1.165, 1.54) is 11.8 Å². The van der Waals surface area contributed by atoms with Crippen LogP contribution < -0.4 is 19.5 Å². The Kier molecular flexibility index (Phi) is 6.66. The summed E-state index contributed by atoms with van der Waals surface area (Å²) in [6, 6.07) is 13.6. The van der Waals surface area contributed by atoms with Crippen LogP contribution in [0.1, 0.15) is 12.5 Å². The van der Waals surface area contributed by atoms with Crippen molar-refractivity contribution in [1.82, 2.24) is 14.9 Å². The lowest BCUT2D eigenvalue weighted by Crippen LogP contribution is -2.24. The fraction of sp³-hybridized carbons (Fsp3) is 0.304. The minimum absolute atomic E-state index is 0.0423. The number of carbonyl (C=O) groups is 1. The molecular weight excluding hydrogens is 414 g/mol. The zero-order valence-electron chi connectivity index (χ0n) is 17.6. The monoisotopic (exact) mass is 439 g/mol. The lowest BCUT2D eigenvalue weighted by atomic mass is 10.1. The van der Waals surface area contributed by atoms with Crippen molar-refractivity contribution in [2.75, 3.05) is 26.1 Å². The van der Waals surface area contributed by atoms with E-state index >= 15 is 0 Å². The number of amides is 1. The fourth-order valence-corrected chi connectivity index (χ4v) is 4.25. The maximum Gasteiger partial charge on any atom is 0.230 e. The van der Waals surface area contributed by atoms with Gasteiger partial charge in [0.05, 0.1) is 24.8 Å². The zero-order chi connectivity index (χ0) is 21.6. The molecule has 1 aromatic heterocycles. The molecule has 0 spiro atoms. The second kappa shape index (κ2) is 9.78. The van der Waals surface area contributed by atoms with Gasteiger partial charge in [-0.2, -0.15) is 0 Å². The van der Waals surface area contributed by atoms with Gasteiger partial charge in [0.2, 0.25) is 5.91 Å². The maximum atomic E-state index is 12.4. The Morgan fingerprint density at radius 1 is 1.19 bits per heavy atom. The molecule has 1 N–H and O–H groups in total. The molecular formula is C23H25N3O4S. The van der Waals surface area contributed by atoms with Crippen molar-refractivity contribution in [2.24, 2.45) is 0 Å². The van der Waals surface area contributed by atoms with E-state index in [-0.39, 0.29) is 5.91 Å². The number of imidazole rings is 1. The predicted octanol–water partition coefficient (Wildman–Crippen LogP) is 3.76. The van der Waals surface area contributed by atoms with Gasteiger partial charge in [-0.15, -0.1) is 0 Å². The van der Waals surface area contributed by atoms with E-state index in [2.05, 4.69) is 21.8 Å². The summed E-state index contributed by atoms with van der Waals surface area (Å²) in [6.45, 7) is 4.39. The molecule has 8 heteroatoms. The molecule has 1 aliphatic rings. The number of methoxy groups -OCH3 is 1. The van der Waals surface area contributed by atoms with E-state index in [0.717, 1.165) is 45.8 Å². The molecule has 162 valence electrons. The highest BCUT2D eigenvalue weighted by atomic mass is 32.2. The Bertz CT molecular complexity index is 1070. The van der Waals surface area contributed by atoms with Crippen LogP contribution in [0.4, 0.5) is 0 Å². The number of fused-ring (bicyclic) bond motifs is 1. The van der Waals surface area contributed by atoms with Crippen molar-refractivity contribution >= 4 is 17.7 Å². The van der Waals surface area contributed by atoms with Crippen LogP contribution in [-0.4, -0.2) is 41.5 Å². The van der Waals surface area contributed by atoms with Crippen LogP contribution in [0.3, 0.4) is 0 Å². The van der Waals surface area contributed by atoms with E-state index in [9.17, 15) is 4.79 Å². The van der Waals surface area contributed by atoms with Crippen molar-refractivity contribution < 1.29 is 19.0 Å². The van der Waals surface area contributed by atoms with Crippen LogP contribution in [0.2, 0.25) is 0 Å². The van der Waals surface area contributed by atoms with Gasteiger partial charge in [0.25, 0.3) is 0 Å². The lowest BCUT2D eigenvalue weighted by molar-refractivity contribution is -0.118. The van der Waals surface area contributed by atoms with Crippen molar-refractivity contribution in [2.45, 2.75) is 25.2 Å². The lowest BCUT2D eigenvalue weighted by Gasteiger charge is -2.19. The van der Waals surface area contributed by atoms with E-state index in [4.69, 9.17) is 14.2 Å². The summed E-state index contributed by atoms with van der Waals surface area (Å²) in [4.78, 5) is 16.9. The van der Waals surface area contributed by atoms with Crippen LogP contribution in [0.25, 0.3) is 11.3 Å². The van der Waals surface area contributed by atoms with Crippen LogP contribution >= 0.6 is 11.8 Å². The number of thioether (sulfide) groups is 1. The third-order valence-electron chi connectivity index (χ3n) is 4.93. The fourth-order valence-electron chi connectivity index (χ4n) is 3.38. The van der Waals surface area contributed by atoms with E-state index < -0.39 is 0 Å². The largest absolute Gasteiger partial charge is 0.497 e. The van der Waals surface area contributed by atoms with Crippen molar-refractivity contribution in [3.8, 4) is 28.5 Å². The third kappa shape index (κ3) is 4.96. The Balaban J connectivity index is 1.39. The van der Waals surface area contributed by atoms with Crippen molar-refractivity contribution in [3.05, 3.63) is 54.2 Å². The number of benzene rings is 2. The van der Waals surface area contributed by atoms with Gasteiger partial charge in [-0.1, -0.05) is 23.9 Å². The Morgan fingerprint density at radius 3 is 2.84 bits per heavy atom. The Hall–Kier alpha value is -3.13. The number of hydrogen-bond acceptors (Lipinski definition) is 6.